The van der Waals surface area contributed by atoms with E-state index in [-0.39, 0.29) is 6.04 Å². The molecule has 2 rings (SSSR count). The Balaban J connectivity index is 1.95. The van der Waals surface area contributed by atoms with Crippen LogP contribution in [0.2, 0.25) is 0 Å². The zero-order chi connectivity index (χ0) is 12.8. The van der Waals surface area contributed by atoms with Crippen LogP contribution in [0, 0.1) is 11.3 Å². The largest absolute Gasteiger partial charge is 0.305 e. The number of hydrogen-bond acceptors (Lipinski definition) is 4. The monoisotopic (exact) mass is 238 g/mol. The molecule has 90 valence electrons. The molecule has 1 atom stereocenters. The molecule has 18 heavy (non-hydrogen) atoms. The van der Waals surface area contributed by atoms with E-state index < -0.39 is 0 Å². The van der Waals surface area contributed by atoms with Gasteiger partial charge in [0.1, 0.15) is 6.33 Å². The van der Waals surface area contributed by atoms with Crippen LogP contribution < -0.4 is 5.32 Å². The second-order valence-electron chi connectivity index (χ2n) is 4.04. The van der Waals surface area contributed by atoms with Crippen LogP contribution in [0.5, 0.6) is 0 Å². The van der Waals surface area contributed by atoms with Crippen LogP contribution in [0.3, 0.4) is 0 Å². The molecule has 2 aromatic rings. The molecule has 0 bridgehead atoms. The highest BCUT2D eigenvalue weighted by molar-refractivity contribution is 5.32. The third kappa shape index (κ3) is 3.12. The molecule has 1 unspecified atom stereocenters. The quantitative estimate of drug-likeness (QED) is 0.887. The average molecular weight is 238 g/mol. The zero-order valence-corrected chi connectivity index (χ0v) is 10.2. The fourth-order valence-corrected chi connectivity index (χ4v) is 1.64. The van der Waals surface area contributed by atoms with Gasteiger partial charge in [-0.1, -0.05) is 12.1 Å². The lowest BCUT2D eigenvalue weighted by atomic mass is 10.1. The van der Waals surface area contributed by atoms with Crippen LogP contribution in [0.1, 0.15) is 29.8 Å². The molecule has 0 amide bonds. The van der Waals surface area contributed by atoms with Gasteiger partial charge in [-0.05, 0) is 30.7 Å². The van der Waals surface area contributed by atoms with E-state index in [1.54, 1.807) is 12.5 Å². The topological polar surface area (TPSA) is 61.6 Å². The maximum absolute atomic E-state index is 8.74. The molecule has 4 heteroatoms. The minimum absolute atomic E-state index is 0.215. The van der Waals surface area contributed by atoms with Crippen molar-refractivity contribution in [3.63, 3.8) is 0 Å². The highest BCUT2D eigenvalue weighted by Crippen LogP contribution is 2.13. The first-order valence-corrected chi connectivity index (χ1v) is 5.78. The second-order valence-corrected chi connectivity index (χ2v) is 4.04. The van der Waals surface area contributed by atoms with Gasteiger partial charge in [0, 0.05) is 18.8 Å². The van der Waals surface area contributed by atoms with E-state index in [0.29, 0.717) is 12.1 Å². The summed E-state index contributed by atoms with van der Waals surface area (Å²) in [5, 5.41) is 12.1. The molecule has 0 aliphatic rings. The lowest BCUT2D eigenvalue weighted by molar-refractivity contribution is 0.567. The first-order valence-electron chi connectivity index (χ1n) is 5.78. The van der Waals surface area contributed by atoms with Crippen LogP contribution in [0.15, 0.2) is 42.9 Å². The Morgan fingerprint density at radius 1 is 1.28 bits per heavy atom. The predicted molar refractivity (Wildman–Crippen MR) is 68.4 cm³/mol. The Morgan fingerprint density at radius 3 is 2.67 bits per heavy atom. The smallest absolute Gasteiger partial charge is 0.115 e. The van der Waals surface area contributed by atoms with E-state index in [4.69, 9.17) is 5.26 Å². The summed E-state index contributed by atoms with van der Waals surface area (Å²) in [6.07, 6.45) is 3.28. The molecule has 0 radical (unpaired) electrons. The summed E-state index contributed by atoms with van der Waals surface area (Å²) in [4.78, 5) is 8.04. The fourth-order valence-electron chi connectivity index (χ4n) is 1.64. The van der Waals surface area contributed by atoms with E-state index in [0.717, 1.165) is 11.3 Å². The van der Waals surface area contributed by atoms with Crippen molar-refractivity contribution in [1.82, 2.24) is 15.3 Å². The Hall–Kier alpha value is -2.25. The summed E-state index contributed by atoms with van der Waals surface area (Å²) >= 11 is 0. The second kappa shape index (κ2) is 5.89. The molecule has 1 aromatic carbocycles. The van der Waals surface area contributed by atoms with Crippen molar-refractivity contribution < 1.29 is 0 Å². The average Bonchev–Trinajstić information content (AvgIpc) is 2.46. The highest BCUT2D eigenvalue weighted by Gasteiger charge is 2.05. The van der Waals surface area contributed by atoms with Crippen LogP contribution in [0.25, 0.3) is 0 Å². The third-order valence-electron chi connectivity index (χ3n) is 2.77. The van der Waals surface area contributed by atoms with E-state index in [1.165, 1.54) is 0 Å². The maximum Gasteiger partial charge on any atom is 0.115 e. The zero-order valence-electron chi connectivity index (χ0n) is 10.2. The van der Waals surface area contributed by atoms with Crippen molar-refractivity contribution >= 4 is 0 Å². The van der Waals surface area contributed by atoms with Gasteiger partial charge in [-0.3, -0.25) is 0 Å². The summed E-state index contributed by atoms with van der Waals surface area (Å²) in [7, 11) is 0. The van der Waals surface area contributed by atoms with Gasteiger partial charge in [0.2, 0.25) is 0 Å². The van der Waals surface area contributed by atoms with E-state index in [2.05, 4.69) is 28.3 Å². The lowest BCUT2D eigenvalue weighted by Gasteiger charge is -2.13. The molecule has 0 saturated heterocycles. The number of aromatic nitrogens is 2. The molecule has 0 fully saturated rings. The van der Waals surface area contributed by atoms with Gasteiger partial charge in [0.25, 0.3) is 0 Å². The molecule has 1 heterocycles. The number of nitrogens with zero attached hydrogens (tertiary/aromatic N) is 3. The predicted octanol–water partition coefficient (Wildman–Crippen LogP) is 2.20. The molecule has 1 N–H and O–H groups in total. The van der Waals surface area contributed by atoms with Crippen LogP contribution in [-0.4, -0.2) is 9.97 Å². The third-order valence-corrected chi connectivity index (χ3v) is 2.77. The molecule has 0 aliphatic carbocycles. The van der Waals surface area contributed by atoms with E-state index >= 15 is 0 Å². The van der Waals surface area contributed by atoms with Crippen molar-refractivity contribution in [1.29, 1.82) is 5.26 Å². The molecule has 1 aromatic heterocycles. The maximum atomic E-state index is 8.74. The van der Waals surface area contributed by atoms with Crippen molar-refractivity contribution in [2.24, 2.45) is 0 Å². The van der Waals surface area contributed by atoms with Gasteiger partial charge in [-0.15, -0.1) is 0 Å². The Labute approximate surface area is 106 Å². The van der Waals surface area contributed by atoms with Crippen molar-refractivity contribution in [2.75, 3.05) is 0 Å². The number of nitrogens with one attached hydrogen (secondary N) is 1. The number of hydrogen-bond donors (Lipinski definition) is 1. The Kier molecular flexibility index (Phi) is 4.00. The SMILES string of the molecule is CC(NCc1ccncn1)c1ccc(C#N)cc1. The summed E-state index contributed by atoms with van der Waals surface area (Å²) < 4.78 is 0. The number of nitriles is 1. The van der Waals surface area contributed by atoms with Crippen molar-refractivity contribution in [3.8, 4) is 6.07 Å². The summed E-state index contributed by atoms with van der Waals surface area (Å²) in [5.74, 6) is 0. The van der Waals surface area contributed by atoms with Gasteiger partial charge < -0.3 is 5.32 Å². The van der Waals surface area contributed by atoms with Gasteiger partial charge >= 0.3 is 0 Å². The highest BCUT2D eigenvalue weighted by atomic mass is 14.9. The Morgan fingerprint density at radius 2 is 2.06 bits per heavy atom. The summed E-state index contributed by atoms with van der Waals surface area (Å²) in [6.45, 7) is 2.78. The first-order chi connectivity index (χ1) is 8.79. The molecule has 4 nitrogen and oxygen atoms in total. The lowest BCUT2D eigenvalue weighted by Crippen LogP contribution is -2.18. The molecular formula is C14H14N4. The van der Waals surface area contributed by atoms with Crippen LogP contribution in [-0.2, 0) is 6.54 Å². The van der Waals surface area contributed by atoms with Crippen LogP contribution in [0.4, 0.5) is 0 Å². The van der Waals surface area contributed by atoms with Gasteiger partial charge in [0.05, 0.1) is 17.3 Å². The number of benzene rings is 1. The minimum atomic E-state index is 0.215. The van der Waals surface area contributed by atoms with Crippen LogP contribution >= 0.6 is 0 Å². The Bertz CT molecular complexity index is 528. The van der Waals surface area contributed by atoms with Gasteiger partial charge in [-0.2, -0.15) is 5.26 Å². The standard InChI is InChI=1S/C14H14N4/c1-11(13-4-2-12(8-15)3-5-13)17-9-14-6-7-16-10-18-14/h2-7,10-11,17H,9H2,1H3. The number of rotatable bonds is 4. The summed E-state index contributed by atoms with van der Waals surface area (Å²) in [5.41, 5.74) is 2.80. The summed E-state index contributed by atoms with van der Waals surface area (Å²) in [6, 6.07) is 11.8. The fraction of sp³-hybridized carbons (Fsp3) is 0.214. The molecular weight excluding hydrogens is 224 g/mol. The van der Waals surface area contributed by atoms with E-state index in [1.807, 2.05) is 30.3 Å². The van der Waals surface area contributed by atoms with E-state index in [9.17, 15) is 0 Å². The van der Waals surface area contributed by atoms with Crippen molar-refractivity contribution in [2.45, 2.75) is 19.5 Å². The molecule has 0 spiro atoms. The minimum Gasteiger partial charge on any atom is -0.305 e. The van der Waals surface area contributed by atoms with Gasteiger partial charge in [-0.25, -0.2) is 9.97 Å². The molecule has 0 aliphatic heterocycles. The first kappa shape index (κ1) is 12.2. The normalized spacial score (nSPS) is 11.8. The van der Waals surface area contributed by atoms with Crippen molar-refractivity contribution in [3.05, 3.63) is 59.7 Å². The van der Waals surface area contributed by atoms with Gasteiger partial charge in [0.15, 0.2) is 0 Å². The molecule has 0 saturated carbocycles.